The summed E-state index contributed by atoms with van der Waals surface area (Å²) in [5.74, 6) is -7.16. The normalized spacial score (nSPS) is 19.2. The smallest absolute Gasteiger partial charge is 0.429 e. The molecule has 4 nitrogen and oxygen atoms in total. The van der Waals surface area contributed by atoms with Crippen LogP contribution in [-0.4, -0.2) is 13.2 Å². The second kappa shape index (κ2) is 9.16. The monoisotopic (exact) mass is 445 g/mol. The Balaban J connectivity index is 1.83. The van der Waals surface area contributed by atoms with Crippen molar-refractivity contribution < 1.29 is 40.6 Å². The molecular weight excluding hydrogens is 428 g/mol. The first-order valence-electron chi connectivity index (χ1n) is 9.34. The van der Waals surface area contributed by atoms with Gasteiger partial charge in [-0.3, -0.25) is 0 Å². The number of nitrogens with zero attached hydrogens (tertiary/aromatic N) is 1. The molecule has 0 unspecified atom stereocenters. The molecule has 10 heteroatoms. The molecule has 0 amide bonds. The minimum Gasteiger partial charge on any atom is -0.429 e. The minimum absolute atomic E-state index is 0.126. The van der Waals surface area contributed by atoms with Crippen molar-refractivity contribution in [3.8, 4) is 11.8 Å². The Hall–Kier alpha value is -2.77. The summed E-state index contributed by atoms with van der Waals surface area (Å²) < 4.78 is 100. The van der Waals surface area contributed by atoms with Gasteiger partial charge >= 0.3 is 6.11 Å². The Morgan fingerprint density at radius 2 is 1.55 bits per heavy atom. The summed E-state index contributed by atoms with van der Waals surface area (Å²) in [6.07, 6.45) is -3.99. The lowest BCUT2D eigenvalue weighted by Gasteiger charge is -2.30. The quantitative estimate of drug-likeness (QED) is 0.535. The van der Waals surface area contributed by atoms with E-state index < -0.39 is 52.5 Å². The Bertz CT molecular complexity index is 953. The largest absolute Gasteiger partial charge is 0.432 e. The van der Waals surface area contributed by atoms with E-state index in [1.165, 1.54) is 6.07 Å². The van der Waals surface area contributed by atoms with Gasteiger partial charge in [0.2, 0.25) is 0 Å². The summed E-state index contributed by atoms with van der Waals surface area (Å²) >= 11 is 0. The van der Waals surface area contributed by atoms with Gasteiger partial charge < -0.3 is 14.2 Å². The predicted molar refractivity (Wildman–Crippen MR) is 95.0 cm³/mol. The van der Waals surface area contributed by atoms with Gasteiger partial charge in [-0.15, -0.1) is 0 Å². The second-order valence-corrected chi connectivity index (χ2v) is 7.01. The molecular formula is C21H17F6NO3. The third kappa shape index (κ3) is 4.94. The maximum Gasteiger partial charge on any atom is 0.432 e. The highest BCUT2D eigenvalue weighted by Gasteiger charge is 2.42. The van der Waals surface area contributed by atoms with E-state index in [9.17, 15) is 26.3 Å². The summed E-state index contributed by atoms with van der Waals surface area (Å²) in [5, 5.41) is 8.61. The van der Waals surface area contributed by atoms with Gasteiger partial charge in [-0.1, -0.05) is 13.3 Å². The maximum absolute atomic E-state index is 14.4. The molecule has 0 aromatic heterocycles. The fraction of sp³-hybridized carbons (Fsp3) is 0.381. The standard InChI is InChI=1S/C21H17F6NO3/c1-2-3-11-9-29-20(30-10-11)12-4-17(24)19(18(25)5-12)21(26,27)31-13-6-15(22)14(8-28)16(23)7-13/h4-7,11,20H,2-3,9-10H2,1H3. The second-order valence-electron chi connectivity index (χ2n) is 7.01. The molecule has 1 saturated heterocycles. The van der Waals surface area contributed by atoms with Crippen LogP contribution in [0.15, 0.2) is 24.3 Å². The molecule has 0 aliphatic carbocycles. The van der Waals surface area contributed by atoms with Crippen LogP contribution in [0.2, 0.25) is 0 Å². The maximum atomic E-state index is 14.4. The predicted octanol–water partition coefficient (Wildman–Crippen LogP) is 5.70. The molecule has 1 fully saturated rings. The Labute approximate surface area is 173 Å². The summed E-state index contributed by atoms with van der Waals surface area (Å²) in [6.45, 7) is 2.57. The third-order valence-electron chi connectivity index (χ3n) is 4.66. The minimum atomic E-state index is -4.61. The summed E-state index contributed by atoms with van der Waals surface area (Å²) in [4.78, 5) is 0. The van der Waals surface area contributed by atoms with Gasteiger partial charge in [0.05, 0.1) is 13.2 Å². The molecule has 166 valence electrons. The van der Waals surface area contributed by atoms with Gasteiger partial charge in [-0.25, -0.2) is 17.6 Å². The van der Waals surface area contributed by atoms with E-state index in [0.717, 1.165) is 12.8 Å². The molecule has 0 saturated carbocycles. The fourth-order valence-electron chi connectivity index (χ4n) is 3.23. The first kappa shape index (κ1) is 22.9. The molecule has 1 heterocycles. The van der Waals surface area contributed by atoms with Crippen LogP contribution in [0.1, 0.15) is 42.7 Å². The zero-order valence-corrected chi connectivity index (χ0v) is 16.2. The Morgan fingerprint density at radius 1 is 1.00 bits per heavy atom. The van der Waals surface area contributed by atoms with Crippen LogP contribution in [0, 0.1) is 40.5 Å². The number of hydrogen-bond donors (Lipinski definition) is 0. The van der Waals surface area contributed by atoms with E-state index in [4.69, 9.17) is 14.7 Å². The molecule has 1 aliphatic heterocycles. The first-order valence-corrected chi connectivity index (χ1v) is 9.34. The van der Waals surface area contributed by atoms with Crippen LogP contribution in [0.5, 0.6) is 5.75 Å². The van der Waals surface area contributed by atoms with Gasteiger partial charge in [0, 0.05) is 23.6 Å². The van der Waals surface area contributed by atoms with Crippen LogP contribution in [0.4, 0.5) is 26.3 Å². The lowest BCUT2D eigenvalue weighted by Crippen LogP contribution is -2.28. The highest BCUT2D eigenvalue weighted by atomic mass is 19.3. The molecule has 31 heavy (non-hydrogen) atoms. The van der Waals surface area contributed by atoms with Crippen LogP contribution >= 0.6 is 0 Å². The Kier molecular flexibility index (Phi) is 6.77. The van der Waals surface area contributed by atoms with Crippen molar-refractivity contribution in [2.75, 3.05) is 13.2 Å². The molecule has 0 N–H and O–H groups in total. The van der Waals surface area contributed by atoms with Crippen LogP contribution in [-0.2, 0) is 15.6 Å². The Morgan fingerprint density at radius 3 is 2.03 bits per heavy atom. The van der Waals surface area contributed by atoms with Gasteiger partial charge in [-0.2, -0.15) is 14.0 Å². The number of halogens is 6. The highest BCUT2D eigenvalue weighted by molar-refractivity contribution is 5.38. The highest BCUT2D eigenvalue weighted by Crippen LogP contribution is 2.38. The van der Waals surface area contributed by atoms with E-state index >= 15 is 0 Å². The number of rotatable bonds is 6. The number of benzene rings is 2. The van der Waals surface area contributed by atoms with Crippen molar-refractivity contribution in [1.29, 1.82) is 5.26 Å². The molecule has 0 radical (unpaired) electrons. The molecule has 0 atom stereocenters. The molecule has 2 aromatic carbocycles. The topological polar surface area (TPSA) is 51.5 Å². The zero-order valence-electron chi connectivity index (χ0n) is 16.2. The van der Waals surface area contributed by atoms with E-state index in [1.54, 1.807) is 0 Å². The fourth-order valence-corrected chi connectivity index (χ4v) is 3.23. The van der Waals surface area contributed by atoms with Gasteiger partial charge in [0.1, 0.15) is 46.2 Å². The molecule has 3 rings (SSSR count). The van der Waals surface area contributed by atoms with Crippen molar-refractivity contribution in [3.63, 3.8) is 0 Å². The van der Waals surface area contributed by atoms with Crippen LogP contribution < -0.4 is 4.74 Å². The van der Waals surface area contributed by atoms with Gasteiger partial charge in [-0.05, 0) is 18.6 Å². The van der Waals surface area contributed by atoms with Crippen molar-refractivity contribution in [2.45, 2.75) is 32.2 Å². The molecule has 2 aromatic rings. The average molecular weight is 445 g/mol. The number of ether oxygens (including phenoxy) is 3. The van der Waals surface area contributed by atoms with Crippen LogP contribution in [0.25, 0.3) is 0 Å². The third-order valence-corrected chi connectivity index (χ3v) is 4.66. The summed E-state index contributed by atoms with van der Waals surface area (Å²) in [6, 6.07) is 3.10. The SMILES string of the molecule is CCCC1COC(c2cc(F)c(C(F)(F)Oc3cc(F)c(C#N)c(F)c3)c(F)c2)OC1. The van der Waals surface area contributed by atoms with Crippen molar-refractivity contribution in [3.05, 3.63) is 64.2 Å². The summed E-state index contributed by atoms with van der Waals surface area (Å²) in [5.41, 5.74) is -2.90. The molecule has 0 bridgehead atoms. The van der Waals surface area contributed by atoms with Crippen molar-refractivity contribution in [2.24, 2.45) is 5.92 Å². The number of nitriles is 1. The molecule has 1 aliphatic rings. The van der Waals surface area contributed by atoms with Crippen molar-refractivity contribution in [1.82, 2.24) is 0 Å². The lowest BCUT2D eigenvalue weighted by atomic mass is 10.0. The number of alkyl halides is 2. The van der Waals surface area contributed by atoms with Gasteiger partial charge in [0.25, 0.3) is 0 Å². The molecule has 0 spiro atoms. The van der Waals surface area contributed by atoms with E-state index in [0.29, 0.717) is 37.5 Å². The van der Waals surface area contributed by atoms with E-state index in [2.05, 4.69) is 4.74 Å². The first-order chi connectivity index (χ1) is 14.7. The number of hydrogen-bond acceptors (Lipinski definition) is 4. The zero-order chi connectivity index (χ0) is 22.8. The van der Waals surface area contributed by atoms with Gasteiger partial charge in [0.15, 0.2) is 6.29 Å². The summed E-state index contributed by atoms with van der Waals surface area (Å²) in [7, 11) is 0. The van der Waals surface area contributed by atoms with Crippen molar-refractivity contribution >= 4 is 0 Å². The van der Waals surface area contributed by atoms with E-state index in [1.807, 2.05) is 6.92 Å². The van der Waals surface area contributed by atoms with Crippen LogP contribution in [0.3, 0.4) is 0 Å². The van der Waals surface area contributed by atoms with E-state index in [-0.39, 0.29) is 11.5 Å². The average Bonchev–Trinajstić information content (AvgIpc) is 2.67. The lowest BCUT2D eigenvalue weighted by molar-refractivity contribution is -0.206.